The lowest BCUT2D eigenvalue weighted by Crippen LogP contribution is -2.55. The molecule has 0 bridgehead atoms. The Morgan fingerprint density at radius 1 is 1.03 bits per heavy atom. The number of nitrogens with one attached hydrogen (secondary N) is 1. The van der Waals surface area contributed by atoms with Crippen molar-refractivity contribution in [2.45, 2.75) is 25.1 Å². The number of hydrogen-bond donors (Lipinski definition) is 1. The summed E-state index contributed by atoms with van der Waals surface area (Å²) in [6.45, 7) is 3.82. The molecule has 1 amide bonds. The van der Waals surface area contributed by atoms with E-state index in [1.54, 1.807) is 29.5 Å². The van der Waals surface area contributed by atoms with Gasteiger partial charge >= 0.3 is 0 Å². The Morgan fingerprint density at radius 2 is 1.95 bits per heavy atom. The summed E-state index contributed by atoms with van der Waals surface area (Å²) in [4.78, 5) is 35.3. The Kier molecular flexibility index (Phi) is 7.30. The average molecular weight is 527 g/mol. The number of ether oxygens (including phenoxy) is 2. The number of anilines is 1. The largest absolute Gasteiger partial charge is 0.486 e. The molecule has 3 aromatic heterocycles. The molecule has 2 aliphatic heterocycles. The molecule has 1 aromatic carbocycles. The molecule has 11 nitrogen and oxygen atoms in total. The zero-order valence-corrected chi connectivity index (χ0v) is 21.5. The SMILES string of the molecule is O=C(CC1CN(Cc2cccnc2)CCN1c1ccnc(-n2ccnc2)n1)NCC1COc2ccccc2O1. The molecule has 6 rings (SSSR count). The molecule has 2 atom stereocenters. The van der Waals surface area contributed by atoms with Crippen LogP contribution in [0.15, 0.2) is 79.8 Å². The molecule has 0 saturated carbocycles. The van der Waals surface area contributed by atoms with Crippen molar-refractivity contribution in [1.29, 1.82) is 0 Å². The number of para-hydroxylation sites is 2. The van der Waals surface area contributed by atoms with Crippen LogP contribution >= 0.6 is 0 Å². The first-order valence-corrected chi connectivity index (χ1v) is 13.1. The van der Waals surface area contributed by atoms with Gasteiger partial charge < -0.3 is 19.7 Å². The highest BCUT2D eigenvalue weighted by Crippen LogP contribution is 2.30. The normalized spacial score (nSPS) is 19.0. The molecule has 0 radical (unpaired) electrons. The number of piperazine rings is 1. The molecule has 1 N–H and O–H groups in total. The maximum Gasteiger partial charge on any atom is 0.236 e. The van der Waals surface area contributed by atoms with E-state index in [4.69, 9.17) is 14.5 Å². The fraction of sp³-hybridized carbons (Fsp3) is 0.321. The van der Waals surface area contributed by atoms with E-state index < -0.39 is 0 Å². The van der Waals surface area contributed by atoms with Crippen molar-refractivity contribution in [3.8, 4) is 17.4 Å². The molecule has 1 saturated heterocycles. The summed E-state index contributed by atoms with van der Waals surface area (Å²) in [6.07, 6.45) is 10.7. The van der Waals surface area contributed by atoms with Gasteiger partial charge in [-0.3, -0.25) is 19.2 Å². The summed E-state index contributed by atoms with van der Waals surface area (Å²) in [5.41, 5.74) is 1.15. The summed E-state index contributed by atoms with van der Waals surface area (Å²) >= 11 is 0. The van der Waals surface area contributed by atoms with E-state index in [-0.39, 0.29) is 18.1 Å². The van der Waals surface area contributed by atoms with Gasteiger partial charge in [0.05, 0.1) is 12.6 Å². The van der Waals surface area contributed by atoms with Crippen molar-refractivity contribution in [3.63, 3.8) is 0 Å². The van der Waals surface area contributed by atoms with Gasteiger partial charge in [0.2, 0.25) is 11.9 Å². The molecule has 0 spiro atoms. The number of imidazole rings is 1. The number of carbonyl (C=O) groups is 1. The lowest BCUT2D eigenvalue weighted by molar-refractivity contribution is -0.122. The second kappa shape index (κ2) is 11.5. The van der Waals surface area contributed by atoms with E-state index >= 15 is 0 Å². The number of carbonyl (C=O) groups excluding carboxylic acids is 1. The Balaban J connectivity index is 1.14. The molecule has 39 heavy (non-hydrogen) atoms. The van der Waals surface area contributed by atoms with E-state index in [1.807, 2.05) is 48.8 Å². The van der Waals surface area contributed by atoms with E-state index in [0.29, 0.717) is 37.8 Å². The minimum absolute atomic E-state index is 0.0421. The number of benzene rings is 1. The first kappa shape index (κ1) is 24.8. The summed E-state index contributed by atoms with van der Waals surface area (Å²) in [6, 6.07) is 13.4. The number of aromatic nitrogens is 5. The van der Waals surface area contributed by atoms with Crippen molar-refractivity contribution in [2.75, 3.05) is 37.7 Å². The highest BCUT2D eigenvalue weighted by atomic mass is 16.6. The van der Waals surface area contributed by atoms with E-state index in [9.17, 15) is 4.79 Å². The fourth-order valence-electron chi connectivity index (χ4n) is 4.97. The topological polar surface area (TPSA) is 111 Å². The molecule has 5 heterocycles. The van der Waals surface area contributed by atoms with Crippen molar-refractivity contribution in [1.82, 2.24) is 34.7 Å². The average Bonchev–Trinajstić information content (AvgIpc) is 3.52. The van der Waals surface area contributed by atoms with Crippen LogP contribution in [0.2, 0.25) is 0 Å². The highest BCUT2D eigenvalue weighted by molar-refractivity contribution is 5.77. The standard InChI is InChI=1S/C28H30N8O3/c37-27(32-16-23-19-38-24-5-1-2-6-25(24)39-23)14-22-18-34(17-21-4-3-8-29-15-21)12-13-36(22)26-7-9-31-28(33-26)35-11-10-30-20-35/h1-11,15,20,22-23H,12-14,16-19H2,(H,32,37). The molecule has 0 aliphatic carbocycles. The van der Waals surface area contributed by atoms with Crippen LogP contribution in [0.25, 0.3) is 5.95 Å². The maximum atomic E-state index is 13.2. The molecule has 2 aliphatic rings. The first-order valence-electron chi connectivity index (χ1n) is 13.1. The Bertz CT molecular complexity index is 1380. The Morgan fingerprint density at radius 3 is 2.79 bits per heavy atom. The van der Waals surface area contributed by atoms with Gasteiger partial charge in [0.1, 0.15) is 24.9 Å². The van der Waals surface area contributed by atoms with Gasteiger partial charge in [-0.05, 0) is 29.8 Å². The number of rotatable bonds is 8. The van der Waals surface area contributed by atoms with E-state index in [1.165, 1.54) is 0 Å². The monoisotopic (exact) mass is 526 g/mol. The maximum absolute atomic E-state index is 13.2. The molecule has 200 valence electrons. The van der Waals surface area contributed by atoms with Crippen molar-refractivity contribution in [3.05, 3.63) is 85.3 Å². The van der Waals surface area contributed by atoms with Crippen LogP contribution in [0.5, 0.6) is 11.5 Å². The summed E-state index contributed by atoms with van der Waals surface area (Å²) in [7, 11) is 0. The minimum Gasteiger partial charge on any atom is -0.486 e. The number of nitrogens with zero attached hydrogens (tertiary/aromatic N) is 7. The summed E-state index contributed by atoms with van der Waals surface area (Å²) in [5, 5.41) is 3.06. The van der Waals surface area contributed by atoms with Crippen LogP contribution in [0, 0.1) is 0 Å². The smallest absolute Gasteiger partial charge is 0.236 e. The molecule has 4 aromatic rings. The molecular weight excluding hydrogens is 496 g/mol. The van der Waals surface area contributed by atoms with Crippen LogP contribution in [0.3, 0.4) is 0 Å². The van der Waals surface area contributed by atoms with E-state index in [0.717, 1.165) is 36.8 Å². The second-order valence-corrected chi connectivity index (χ2v) is 9.63. The zero-order chi connectivity index (χ0) is 26.4. The van der Waals surface area contributed by atoms with Gasteiger partial charge in [-0.15, -0.1) is 0 Å². The molecule has 2 unspecified atom stereocenters. The summed E-state index contributed by atoms with van der Waals surface area (Å²) in [5.74, 6) is 2.71. The number of fused-ring (bicyclic) bond motifs is 1. The van der Waals surface area contributed by atoms with Gasteiger partial charge in [0, 0.05) is 63.6 Å². The van der Waals surface area contributed by atoms with Crippen LogP contribution in [-0.2, 0) is 11.3 Å². The Labute approximate surface area is 226 Å². The number of hydrogen-bond acceptors (Lipinski definition) is 9. The Hall–Kier alpha value is -4.51. The minimum atomic E-state index is -0.243. The van der Waals surface area contributed by atoms with Gasteiger partial charge in [-0.1, -0.05) is 18.2 Å². The predicted octanol–water partition coefficient (Wildman–Crippen LogP) is 2.09. The van der Waals surface area contributed by atoms with Crippen molar-refractivity contribution < 1.29 is 14.3 Å². The third-order valence-electron chi connectivity index (χ3n) is 6.87. The van der Waals surface area contributed by atoms with Gasteiger partial charge in [0.25, 0.3) is 0 Å². The lowest BCUT2D eigenvalue weighted by Gasteiger charge is -2.42. The van der Waals surface area contributed by atoms with Crippen molar-refractivity contribution >= 4 is 11.7 Å². The van der Waals surface area contributed by atoms with Gasteiger partial charge in [-0.2, -0.15) is 4.98 Å². The number of pyridine rings is 1. The third kappa shape index (κ3) is 5.99. The molecule has 11 heteroatoms. The zero-order valence-electron chi connectivity index (χ0n) is 21.5. The van der Waals surface area contributed by atoms with Crippen LogP contribution in [-0.4, -0.2) is 80.2 Å². The van der Waals surface area contributed by atoms with E-state index in [2.05, 4.69) is 36.1 Å². The van der Waals surface area contributed by atoms with Gasteiger partial charge in [0.15, 0.2) is 11.5 Å². The fourth-order valence-corrected chi connectivity index (χ4v) is 4.97. The first-order chi connectivity index (χ1) is 19.2. The second-order valence-electron chi connectivity index (χ2n) is 9.63. The quantitative estimate of drug-likeness (QED) is 0.369. The molecule has 1 fully saturated rings. The van der Waals surface area contributed by atoms with Gasteiger partial charge in [-0.25, -0.2) is 9.97 Å². The van der Waals surface area contributed by atoms with Crippen LogP contribution in [0.1, 0.15) is 12.0 Å². The predicted molar refractivity (Wildman–Crippen MR) is 144 cm³/mol. The third-order valence-corrected chi connectivity index (χ3v) is 6.87. The van der Waals surface area contributed by atoms with Crippen LogP contribution < -0.4 is 19.7 Å². The highest BCUT2D eigenvalue weighted by Gasteiger charge is 2.31. The molecular formula is C28H30N8O3. The number of amides is 1. The van der Waals surface area contributed by atoms with Crippen LogP contribution in [0.4, 0.5) is 5.82 Å². The van der Waals surface area contributed by atoms with Crippen molar-refractivity contribution in [2.24, 2.45) is 0 Å². The summed E-state index contributed by atoms with van der Waals surface area (Å²) < 4.78 is 13.6. The lowest BCUT2D eigenvalue weighted by atomic mass is 10.1.